The molecule has 11 heteroatoms. The van der Waals surface area contributed by atoms with Crippen molar-refractivity contribution in [1.82, 2.24) is 34.1 Å². The molecule has 4 aliphatic heterocycles. The first-order valence-corrected chi connectivity index (χ1v) is 12.5. The Morgan fingerprint density at radius 2 is 1.84 bits per heavy atom. The van der Waals surface area contributed by atoms with E-state index in [-0.39, 0.29) is 30.1 Å². The van der Waals surface area contributed by atoms with Crippen molar-refractivity contribution in [2.24, 2.45) is 0 Å². The monoisotopic (exact) mass is 500 g/mol. The summed E-state index contributed by atoms with van der Waals surface area (Å²) in [7, 11) is 1.58. The molecule has 7 heterocycles. The summed E-state index contributed by atoms with van der Waals surface area (Å²) in [4.78, 5) is 30.9. The minimum absolute atomic E-state index is 0.0592. The molecule has 0 radical (unpaired) electrons. The number of carbonyl (C=O) groups is 2. The van der Waals surface area contributed by atoms with E-state index in [0.717, 1.165) is 30.4 Å². The zero-order valence-electron chi connectivity index (χ0n) is 20.7. The van der Waals surface area contributed by atoms with E-state index in [1.54, 1.807) is 16.5 Å². The lowest BCUT2D eigenvalue weighted by atomic mass is 9.87. The smallest absolute Gasteiger partial charge is 0.320 e. The number of aromatic nitrogens is 4. The molecule has 2 atom stereocenters. The standard InChI is InChI=1S/C26H28N8O3/c1-3-24(35)31-15-21-9-22(16-31)34(21)26(36)30-6-4-20(5-7-30)32-14-19(12-28-32)17-8-23(37-2)25-18(10-27)11-29-33(25)13-17/h3,8,11-14,20-22H,1,4-7,9,15-16H2,2H3. The zero-order chi connectivity index (χ0) is 25.7. The molecule has 4 saturated heterocycles. The minimum atomic E-state index is -0.0592. The Bertz CT molecular complexity index is 1420. The highest BCUT2D eigenvalue weighted by Gasteiger charge is 2.49. The molecule has 0 N–H and O–H groups in total. The quantitative estimate of drug-likeness (QED) is 0.508. The van der Waals surface area contributed by atoms with Crippen molar-refractivity contribution in [1.29, 1.82) is 5.26 Å². The molecule has 2 unspecified atom stereocenters. The fourth-order valence-electron chi connectivity index (χ4n) is 5.88. The topological polar surface area (TPSA) is 112 Å². The zero-order valence-corrected chi connectivity index (χ0v) is 20.7. The number of ether oxygens (including phenoxy) is 1. The Kier molecular flexibility index (Phi) is 5.59. The van der Waals surface area contributed by atoms with Crippen LogP contribution < -0.4 is 4.74 Å². The van der Waals surface area contributed by atoms with Gasteiger partial charge >= 0.3 is 6.03 Å². The van der Waals surface area contributed by atoms with Gasteiger partial charge in [-0.3, -0.25) is 9.48 Å². The van der Waals surface area contributed by atoms with Gasteiger partial charge in [-0.05, 0) is 31.4 Å². The highest BCUT2D eigenvalue weighted by Crippen LogP contribution is 2.35. The Balaban J connectivity index is 1.11. The molecule has 0 spiro atoms. The van der Waals surface area contributed by atoms with Crippen molar-refractivity contribution in [3.8, 4) is 22.9 Å². The molecule has 4 aliphatic rings. The second kappa shape index (κ2) is 8.96. The largest absolute Gasteiger partial charge is 0.494 e. The Morgan fingerprint density at radius 1 is 1.08 bits per heavy atom. The van der Waals surface area contributed by atoms with E-state index < -0.39 is 0 Å². The van der Waals surface area contributed by atoms with Gasteiger partial charge in [-0.1, -0.05) is 6.58 Å². The Labute approximate surface area is 214 Å². The molecular weight excluding hydrogens is 472 g/mol. The SMILES string of the molecule is C=CC(=O)N1CC2CC(C1)N2C(=O)N1CCC(n2cc(-c3cc(OC)c4c(C#N)cnn4c3)cn2)CC1. The molecule has 4 fully saturated rings. The first-order chi connectivity index (χ1) is 18.0. The fraction of sp³-hybridized carbons (Fsp3) is 0.423. The maximum Gasteiger partial charge on any atom is 0.320 e. The average molecular weight is 501 g/mol. The number of hydrogen-bond donors (Lipinski definition) is 0. The number of carbonyl (C=O) groups excluding carboxylic acids is 2. The second-order valence-corrected chi connectivity index (χ2v) is 9.87. The van der Waals surface area contributed by atoms with Gasteiger partial charge in [0.15, 0.2) is 0 Å². The van der Waals surface area contributed by atoms with Gasteiger partial charge in [0.05, 0.1) is 37.6 Å². The van der Waals surface area contributed by atoms with Crippen molar-refractivity contribution in [2.45, 2.75) is 37.4 Å². The van der Waals surface area contributed by atoms with Crippen LogP contribution in [0.1, 0.15) is 30.9 Å². The van der Waals surface area contributed by atoms with Gasteiger partial charge in [-0.25, -0.2) is 9.31 Å². The van der Waals surface area contributed by atoms with Crippen LogP contribution in [0, 0.1) is 11.3 Å². The number of nitriles is 1. The summed E-state index contributed by atoms with van der Waals surface area (Å²) >= 11 is 0. The number of hydrogen-bond acceptors (Lipinski definition) is 6. The average Bonchev–Trinajstić information content (AvgIpc) is 3.59. The highest BCUT2D eigenvalue weighted by atomic mass is 16.5. The van der Waals surface area contributed by atoms with E-state index >= 15 is 0 Å². The molecule has 3 aromatic heterocycles. The van der Waals surface area contributed by atoms with Crippen LogP contribution >= 0.6 is 0 Å². The third-order valence-corrected chi connectivity index (χ3v) is 7.86. The summed E-state index contributed by atoms with van der Waals surface area (Å²) in [6, 6.07) is 4.55. The third-order valence-electron chi connectivity index (χ3n) is 7.86. The number of pyridine rings is 1. The first kappa shape index (κ1) is 23.1. The number of nitrogens with zero attached hydrogens (tertiary/aromatic N) is 8. The Hall–Kier alpha value is -4.33. The molecule has 0 aromatic carbocycles. The van der Waals surface area contributed by atoms with Crippen LogP contribution in [0.2, 0.25) is 0 Å². The van der Waals surface area contributed by atoms with Crippen molar-refractivity contribution < 1.29 is 14.3 Å². The van der Waals surface area contributed by atoms with Crippen LogP contribution in [-0.4, -0.2) is 91.4 Å². The maximum atomic E-state index is 13.2. The molecule has 0 aliphatic carbocycles. The van der Waals surface area contributed by atoms with Gasteiger partial charge in [-0.2, -0.15) is 15.5 Å². The van der Waals surface area contributed by atoms with Crippen molar-refractivity contribution >= 4 is 17.5 Å². The summed E-state index contributed by atoms with van der Waals surface area (Å²) in [5.74, 6) is 0.523. The number of urea groups is 1. The maximum absolute atomic E-state index is 13.2. The van der Waals surface area contributed by atoms with E-state index in [1.807, 2.05) is 39.1 Å². The van der Waals surface area contributed by atoms with Gasteiger partial charge < -0.3 is 19.4 Å². The summed E-state index contributed by atoms with van der Waals surface area (Å²) in [5, 5.41) is 18.3. The summed E-state index contributed by atoms with van der Waals surface area (Å²) in [6.45, 7) is 6.10. The second-order valence-electron chi connectivity index (χ2n) is 9.87. The van der Waals surface area contributed by atoms with Crippen molar-refractivity contribution in [3.63, 3.8) is 0 Å². The van der Waals surface area contributed by atoms with E-state index in [9.17, 15) is 14.9 Å². The van der Waals surface area contributed by atoms with Crippen LogP contribution in [0.4, 0.5) is 4.79 Å². The number of piperidine rings is 2. The summed E-state index contributed by atoms with van der Waals surface area (Å²) < 4.78 is 9.17. The van der Waals surface area contributed by atoms with Crippen LogP contribution in [-0.2, 0) is 4.79 Å². The van der Waals surface area contributed by atoms with E-state index in [4.69, 9.17) is 4.74 Å². The predicted molar refractivity (Wildman–Crippen MR) is 134 cm³/mol. The third kappa shape index (κ3) is 3.80. The van der Waals surface area contributed by atoms with E-state index in [2.05, 4.69) is 22.8 Å². The normalized spacial score (nSPS) is 21.5. The van der Waals surface area contributed by atoms with E-state index in [1.165, 1.54) is 12.3 Å². The lowest BCUT2D eigenvalue weighted by Crippen LogP contribution is -2.72. The fourth-order valence-corrected chi connectivity index (χ4v) is 5.88. The van der Waals surface area contributed by atoms with Crippen LogP contribution in [0.15, 0.2) is 43.5 Å². The van der Waals surface area contributed by atoms with E-state index in [0.29, 0.717) is 43.0 Å². The lowest BCUT2D eigenvalue weighted by Gasteiger charge is -2.57. The van der Waals surface area contributed by atoms with Gasteiger partial charge in [0.1, 0.15) is 22.9 Å². The van der Waals surface area contributed by atoms with Crippen LogP contribution in [0.3, 0.4) is 0 Å². The van der Waals surface area contributed by atoms with Crippen LogP contribution in [0.25, 0.3) is 16.6 Å². The highest BCUT2D eigenvalue weighted by molar-refractivity contribution is 5.87. The molecule has 190 valence electrons. The predicted octanol–water partition coefficient (Wildman–Crippen LogP) is 2.31. The molecule has 2 bridgehead atoms. The van der Waals surface area contributed by atoms with Crippen molar-refractivity contribution in [2.75, 3.05) is 33.3 Å². The summed E-state index contributed by atoms with van der Waals surface area (Å²) in [5.41, 5.74) is 2.93. The molecule has 3 amide bonds. The number of fused-ring (bicyclic) bond motifs is 3. The molecule has 11 nitrogen and oxygen atoms in total. The molecule has 0 saturated carbocycles. The number of likely N-dealkylation sites (tertiary alicyclic amines) is 1. The van der Waals surface area contributed by atoms with Gasteiger partial charge in [0, 0.05) is 49.7 Å². The molecule has 37 heavy (non-hydrogen) atoms. The van der Waals surface area contributed by atoms with Gasteiger partial charge in [0.2, 0.25) is 5.91 Å². The minimum Gasteiger partial charge on any atom is -0.494 e. The number of rotatable bonds is 4. The molecular formula is C26H28N8O3. The van der Waals surface area contributed by atoms with Crippen LogP contribution in [0.5, 0.6) is 5.75 Å². The number of amides is 3. The number of piperazine rings is 1. The lowest BCUT2D eigenvalue weighted by molar-refractivity contribution is -0.135. The number of methoxy groups -OCH3 is 1. The summed E-state index contributed by atoms with van der Waals surface area (Å²) in [6.07, 6.45) is 11.2. The van der Waals surface area contributed by atoms with Crippen molar-refractivity contribution in [3.05, 3.63) is 49.1 Å². The molecule has 3 aromatic rings. The van der Waals surface area contributed by atoms with Gasteiger partial charge in [-0.15, -0.1) is 0 Å². The van der Waals surface area contributed by atoms with Gasteiger partial charge in [0.25, 0.3) is 0 Å². The molecule has 7 rings (SSSR count). The first-order valence-electron chi connectivity index (χ1n) is 12.5. The Morgan fingerprint density at radius 3 is 2.51 bits per heavy atom.